The highest BCUT2D eigenvalue weighted by atomic mass is 15.7. The van der Waals surface area contributed by atoms with Gasteiger partial charge in [0.2, 0.25) is 0 Å². The molecule has 0 nitrogen and oxygen atoms in total. The second kappa shape index (κ2) is 2.81. The SMILES string of the molecule is C.C1C2C3C4C5C6CC7C8C9C%10C%11C%12CC%13C%14C%15C%16CC%17C%18C1C1%19C2C32C43C54C67C85C96C%107C%118C%13%12C%149C%15%10C%16%11C%17C%12C%18%13C1C1%14C%192C32C45C63C74C98C%105C%12%11C%131C54C%1423.[2HH].[B]. The van der Waals surface area contributed by atoms with Crippen molar-refractivity contribution in [1.29, 1.82) is 0 Å². The average molecular weight is 685 g/mol. The zero-order valence-corrected chi connectivity index (χ0v) is 29.1. The van der Waals surface area contributed by atoms with Crippen LogP contribution in [0, 0.1) is 271 Å². The Morgan fingerprint density at radius 3 is 1.56 bits per heavy atom. The summed E-state index contributed by atoms with van der Waals surface area (Å²) in [5, 5.41) is 0. The topological polar surface area (TPSA) is 0 Å². The highest BCUT2D eigenvalue weighted by Gasteiger charge is 3.73. The van der Waals surface area contributed by atoms with Crippen LogP contribution in [0.4, 0.5) is 0 Å². The van der Waals surface area contributed by atoms with E-state index >= 15 is 0 Å². The molecule has 54 heavy (non-hydrogen) atoms. The maximum atomic E-state index is 1.93. The first-order valence-electron chi connectivity index (χ1n) is 25.9. The van der Waals surface area contributed by atoms with Gasteiger partial charge in [0.05, 0.1) is 0 Å². The zero-order chi connectivity index (χ0) is 28.5. The Balaban J connectivity index is 0.000000733. The normalized spacial score (nSPS) is 138. The largest absolute Gasteiger partial charge is 0.0776 e. The van der Waals surface area contributed by atoms with Crippen LogP contribution in [0.5, 0.6) is 0 Å². The first-order chi connectivity index (χ1) is 25.9. The van der Waals surface area contributed by atoms with Gasteiger partial charge in [-0.2, -0.15) is 0 Å². The van der Waals surface area contributed by atoms with Gasteiger partial charge in [-0.05, 0) is 297 Å². The minimum Gasteiger partial charge on any atom is -0.0776 e. The molecule has 0 heterocycles. The highest BCUT2D eigenvalue weighted by Crippen LogP contribution is 3.73. The van der Waals surface area contributed by atoms with Gasteiger partial charge < -0.3 is 0 Å². The van der Waals surface area contributed by atoms with E-state index in [1.165, 1.54) is 130 Å². The van der Waals surface area contributed by atoms with Gasteiger partial charge in [-0.3, -0.25) is 0 Å². The molecule has 38 aliphatic carbocycles. The Morgan fingerprint density at radius 2 is 0.815 bits per heavy atom. The van der Waals surface area contributed by atoms with E-state index in [4.69, 9.17) is 0 Å². The van der Waals surface area contributed by atoms with Crippen molar-refractivity contribution in [2.45, 2.75) is 33.1 Å². The van der Waals surface area contributed by atoms with E-state index in [0.717, 1.165) is 141 Å². The fourth-order valence-electron chi connectivity index (χ4n) is 59.1. The number of fused-ring (bicyclic) bond motifs is 14. The molecule has 48 unspecified atom stereocenters. The summed E-state index contributed by atoms with van der Waals surface area (Å²) < 4.78 is 0. The molecular weight excluding hydrogens is 647 g/mol. The molecule has 48 atom stereocenters. The molecular formula is C53H36B. The van der Waals surface area contributed by atoms with Gasteiger partial charge in [-0.25, -0.2) is 0 Å². The summed E-state index contributed by atoms with van der Waals surface area (Å²) >= 11 is 0. The third kappa shape index (κ3) is 0.393. The van der Waals surface area contributed by atoms with Crippen LogP contribution >= 0.6 is 0 Å². The van der Waals surface area contributed by atoms with Crippen LogP contribution in [0.25, 0.3) is 0 Å². The second-order valence-electron chi connectivity index (χ2n) is 34.0. The van der Waals surface area contributed by atoms with E-state index < -0.39 is 0 Å². The first kappa shape index (κ1) is 19.2. The Hall–Kier alpha value is 0.0649. The van der Waals surface area contributed by atoms with Gasteiger partial charge in [-0.1, -0.05) is 7.43 Å². The predicted molar refractivity (Wildman–Crippen MR) is 173 cm³/mol. The van der Waals surface area contributed by atoms with Gasteiger partial charge in [0.15, 0.2) is 0 Å². The molecule has 1 heteroatoms. The first-order valence-corrected chi connectivity index (χ1v) is 25.9. The minimum absolute atomic E-state index is 0. The van der Waals surface area contributed by atoms with Crippen LogP contribution in [0.1, 0.15) is 34.5 Å². The predicted octanol–water partition coefficient (Wildman–Crippen LogP) is 4.77. The molecule has 3 radical (unpaired) electrons. The molecule has 38 rings (SSSR count). The monoisotopic (exact) mass is 684 g/mol. The summed E-state index contributed by atoms with van der Waals surface area (Å²) in [6.45, 7) is 0. The fraction of sp³-hybridized carbons (Fsp3) is 1.00. The average Bonchev–Trinajstić information content (AvgIpc) is 3.57. The quantitative estimate of drug-likeness (QED) is 0.323. The van der Waals surface area contributed by atoms with Gasteiger partial charge in [0.1, 0.15) is 0 Å². The molecule has 38 saturated carbocycles. The zero-order valence-electron chi connectivity index (χ0n) is 29.1. The minimum atomic E-state index is 0. The molecule has 251 valence electrons. The van der Waals surface area contributed by atoms with Crippen molar-refractivity contribution in [2.75, 3.05) is 0 Å². The summed E-state index contributed by atoms with van der Waals surface area (Å²) in [6.07, 6.45) is 7.57. The number of rotatable bonds is 0. The van der Waals surface area contributed by atoms with Gasteiger partial charge in [-0.15, -0.1) is 0 Å². The summed E-state index contributed by atoms with van der Waals surface area (Å²) in [6, 6.07) is 0. The smallest absolute Gasteiger partial charge is 0 e. The molecule has 38 aliphatic rings. The van der Waals surface area contributed by atoms with Crippen LogP contribution in [0.15, 0.2) is 0 Å². The lowest BCUT2D eigenvalue weighted by Crippen LogP contribution is -3.68. The Kier molecular flexibility index (Phi) is 1.00. The van der Waals surface area contributed by atoms with Crippen molar-refractivity contribution < 1.29 is 1.43 Å². The molecule has 0 aromatic heterocycles. The van der Waals surface area contributed by atoms with Crippen LogP contribution < -0.4 is 0 Å². The number of hydrogen-bond donors (Lipinski definition) is 0. The third-order valence-electron chi connectivity index (χ3n) is 45.7. The van der Waals surface area contributed by atoms with Crippen molar-refractivity contribution in [3.05, 3.63) is 0 Å². The third-order valence-corrected chi connectivity index (χ3v) is 45.7. The van der Waals surface area contributed by atoms with Crippen LogP contribution in [0.3, 0.4) is 0 Å². The van der Waals surface area contributed by atoms with Crippen molar-refractivity contribution in [2.24, 2.45) is 271 Å². The van der Waals surface area contributed by atoms with E-state index in [0.29, 0.717) is 0 Å². The molecule has 0 amide bonds. The van der Waals surface area contributed by atoms with Crippen molar-refractivity contribution >= 4 is 8.41 Å². The fourth-order valence-corrected chi connectivity index (χ4v) is 59.1. The molecule has 0 N–H and O–H groups in total. The van der Waals surface area contributed by atoms with Crippen LogP contribution in [0.2, 0.25) is 0 Å². The molecule has 0 bridgehead atoms. The van der Waals surface area contributed by atoms with Crippen molar-refractivity contribution in [1.82, 2.24) is 0 Å². The summed E-state index contributed by atoms with van der Waals surface area (Å²) in [7, 11) is 0. The lowest BCUT2D eigenvalue weighted by atomic mass is 8.33. The Labute approximate surface area is 312 Å². The standard InChI is InChI=1S/C52H30.CH4.B.H2/c1-5-13-7-2-6-14-21-18-10-4-12-20-22-23-19-11-3-9-17-16-8(1)31-15(5)25-28(13)26-27(7)24(6)32(14)38(21)34(18)30(10,12)36(20)39(22)40(23)35(19)29(9,11)33(17)37(16,31)47-41(25,31)44(28)42(26)43(27,32)48(38)46(34,36)49(39)50(40,45(33,35)47)52(44,47)51(42,48)49;;;/h5-26H,1-4H2;1H4;;1H/i;;;1+1. The summed E-state index contributed by atoms with van der Waals surface area (Å²) in [5.41, 5.74) is 29.4. The maximum Gasteiger partial charge on any atom is 0 e. The van der Waals surface area contributed by atoms with Gasteiger partial charge in [0, 0.05) is 9.84 Å². The van der Waals surface area contributed by atoms with E-state index in [1.54, 1.807) is 0 Å². The molecule has 0 aliphatic heterocycles. The lowest BCUT2D eigenvalue weighted by molar-refractivity contribution is -1.25. The maximum absolute atomic E-state index is 1.93. The van der Waals surface area contributed by atoms with E-state index in [1.807, 2.05) is 25.7 Å². The van der Waals surface area contributed by atoms with Crippen molar-refractivity contribution in [3.63, 3.8) is 0 Å². The second-order valence-corrected chi connectivity index (χ2v) is 34.0. The molecule has 0 aromatic carbocycles. The van der Waals surface area contributed by atoms with Gasteiger partial charge in [0.25, 0.3) is 0 Å². The Bertz CT molecular complexity index is 3550. The Morgan fingerprint density at radius 1 is 0.296 bits per heavy atom. The molecule has 0 aromatic rings. The summed E-state index contributed by atoms with van der Waals surface area (Å²) in [4.78, 5) is 0. The van der Waals surface area contributed by atoms with Gasteiger partial charge >= 0.3 is 0 Å². The van der Waals surface area contributed by atoms with Crippen LogP contribution in [-0.4, -0.2) is 8.41 Å². The summed E-state index contributed by atoms with van der Waals surface area (Å²) in [5.74, 6) is 30.9. The molecule has 38 fully saturated rings. The van der Waals surface area contributed by atoms with E-state index in [9.17, 15) is 0 Å². The highest BCUT2D eigenvalue weighted by molar-refractivity contribution is 6.17. The van der Waals surface area contributed by atoms with Crippen molar-refractivity contribution in [3.8, 4) is 0 Å². The molecule has 0 saturated heterocycles. The van der Waals surface area contributed by atoms with Crippen LogP contribution in [-0.2, 0) is 0 Å². The molecule has 26 spiro atoms. The lowest BCUT2D eigenvalue weighted by Gasteiger charge is -3.69. The van der Waals surface area contributed by atoms with E-state index in [-0.39, 0.29) is 17.3 Å². The number of hydrogen-bond acceptors (Lipinski definition) is 0. The van der Waals surface area contributed by atoms with E-state index in [2.05, 4.69) is 0 Å².